The van der Waals surface area contributed by atoms with Gasteiger partial charge in [0.05, 0.1) is 0 Å². The summed E-state index contributed by atoms with van der Waals surface area (Å²) in [4.78, 5) is 13.5. The molecule has 0 aliphatic heterocycles. The van der Waals surface area contributed by atoms with E-state index in [4.69, 9.17) is 5.73 Å². The molecule has 16 heavy (non-hydrogen) atoms. The lowest BCUT2D eigenvalue weighted by Crippen LogP contribution is -2.42. The normalized spacial score (nSPS) is 10.8. The predicted molar refractivity (Wildman–Crippen MR) is 70.9 cm³/mol. The Kier molecular flexibility index (Phi) is 11.1. The Labute approximate surface area is 105 Å². The van der Waals surface area contributed by atoms with E-state index in [0.717, 1.165) is 6.54 Å². The number of halogens is 1. The summed E-state index contributed by atoms with van der Waals surface area (Å²) in [7, 11) is 0. The van der Waals surface area contributed by atoms with E-state index in [2.05, 4.69) is 37.9 Å². The zero-order valence-electron chi connectivity index (χ0n) is 10.8. The topological polar surface area (TPSA) is 58.4 Å². The highest BCUT2D eigenvalue weighted by Crippen LogP contribution is 2.03. The SMILES string of the molecule is CC(C)N(CCNC(=O)CCN)C(C)C.Cl. The van der Waals surface area contributed by atoms with Gasteiger partial charge in [-0.2, -0.15) is 0 Å². The maximum Gasteiger partial charge on any atom is 0.221 e. The summed E-state index contributed by atoms with van der Waals surface area (Å²) in [6.45, 7) is 10.7. The molecule has 0 aliphatic carbocycles. The number of carbonyl (C=O) groups excluding carboxylic acids is 1. The molecule has 0 saturated carbocycles. The minimum Gasteiger partial charge on any atom is -0.355 e. The summed E-state index contributed by atoms with van der Waals surface area (Å²) in [6, 6.07) is 1.02. The van der Waals surface area contributed by atoms with Crippen molar-refractivity contribution < 1.29 is 4.79 Å². The Morgan fingerprint density at radius 2 is 1.75 bits per heavy atom. The van der Waals surface area contributed by atoms with Crippen LogP contribution in [0.3, 0.4) is 0 Å². The Balaban J connectivity index is 0. The zero-order chi connectivity index (χ0) is 11.8. The molecule has 0 unspecified atom stereocenters. The first-order chi connectivity index (χ1) is 6.99. The first-order valence-electron chi connectivity index (χ1n) is 5.71. The summed E-state index contributed by atoms with van der Waals surface area (Å²) in [6.07, 6.45) is 0.420. The molecule has 5 heteroatoms. The lowest BCUT2D eigenvalue weighted by atomic mass is 10.2. The first-order valence-corrected chi connectivity index (χ1v) is 5.71. The number of nitrogens with zero attached hydrogens (tertiary/aromatic N) is 1. The third-order valence-electron chi connectivity index (χ3n) is 2.39. The monoisotopic (exact) mass is 251 g/mol. The zero-order valence-corrected chi connectivity index (χ0v) is 11.6. The maximum atomic E-state index is 11.2. The third-order valence-corrected chi connectivity index (χ3v) is 2.39. The van der Waals surface area contributed by atoms with Crippen LogP contribution >= 0.6 is 12.4 Å². The number of nitrogens with one attached hydrogen (secondary N) is 1. The van der Waals surface area contributed by atoms with Crippen molar-refractivity contribution in [3.63, 3.8) is 0 Å². The number of amides is 1. The van der Waals surface area contributed by atoms with Gasteiger partial charge in [-0.3, -0.25) is 9.69 Å². The maximum absolute atomic E-state index is 11.2. The second-order valence-corrected chi connectivity index (χ2v) is 4.31. The Hall–Kier alpha value is -0.320. The van der Waals surface area contributed by atoms with Gasteiger partial charge in [0.25, 0.3) is 0 Å². The third kappa shape index (κ3) is 7.91. The smallest absolute Gasteiger partial charge is 0.221 e. The molecule has 0 aromatic rings. The van der Waals surface area contributed by atoms with Crippen molar-refractivity contribution in [2.45, 2.75) is 46.2 Å². The lowest BCUT2D eigenvalue weighted by Gasteiger charge is -2.30. The minimum atomic E-state index is 0. The second-order valence-electron chi connectivity index (χ2n) is 4.31. The van der Waals surface area contributed by atoms with Crippen molar-refractivity contribution >= 4 is 18.3 Å². The summed E-state index contributed by atoms with van der Waals surface area (Å²) in [5.41, 5.74) is 5.29. The summed E-state index contributed by atoms with van der Waals surface area (Å²) in [5.74, 6) is 0.0463. The molecule has 98 valence electrons. The molecule has 0 atom stereocenters. The van der Waals surface area contributed by atoms with Gasteiger partial charge in [0.2, 0.25) is 5.91 Å². The first kappa shape index (κ1) is 18.1. The highest BCUT2D eigenvalue weighted by Gasteiger charge is 2.12. The average molecular weight is 252 g/mol. The van der Waals surface area contributed by atoms with Gasteiger partial charge >= 0.3 is 0 Å². The molecular weight excluding hydrogens is 226 g/mol. The molecule has 4 nitrogen and oxygen atoms in total. The Bertz CT molecular complexity index is 178. The van der Waals surface area contributed by atoms with E-state index >= 15 is 0 Å². The van der Waals surface area contributed by atoms with Crippen molar-refractivity contribution in [1.82, 2.24) is 10.2 Å². The van der Waals surface area contributed by atoms with Crippen LogP contribution in [0.1, 0.15) is 34.1 Å². The largest absolute Gasteiger partial charge is 0.355 e. The number of rotatable bonds is 7. The molecule has 0 bridgehead atoms. The van der Waals surface area contributed by atoms with Crippen LogP contribution < -0.4 is 11.1 Å². The van der Waals surface area contributed by atoms with Gasteiger partial charge in [-0.25, -0.2) is 0 Å². The Morgan fingerprint density at radius 1 is 1.25 bits per heavy atom. The van der Waals surface area contributed by atoms with Crippen molar-refractivity contribution in [2.24, 2.45) is 5.73 Å². The van der Waals surface area contributed by atoms with E-state index in [1.807, 2.05) is 0 Å². The summed E-state index contributed by atoms with van der Waals surface area (Å²) < 4.78 is 0. The highest BCUT2D eigenvalue weighted by atomic mass is 35.5. The molecule has 0 aromatic carbocycles. The quantitative estimate of drug-likeness (QED) is 0.710. The Morgan fingerprint density at radius 3 is 2.12 bits per heavy atom. The van der Waals surface area contributed by atoms with Gasteiger partial charge in [-0.05, 0) is 27.7 Å². The lowest BCUT2D eigenvalue weighted by molar-refractivity contribution is -0.121. The van der Waals surface area contributed by atoms with Crippen LogP contribution in [0.5, 0.6) is 0 Å². The number of hydrogen-bond donors (Lipinski definition) is 2. The van der Waals surface area contributed by atoms with Crippen molar-refractivity contribution in [1.29, 1.82) is 0 Å². The molecule has 0 heterocycles. The standard InChI is InChI=1S/C11H25N3O.ClH/c1-9(2)14(10(3)4)8-7-13-11(15)5-6-12;/h9-10H,5-8,12H2,1-4H3,(H,13,15);1H. The van der Waals surface area contributed by atoms with Gasteiger partial charge in [0, 0.05) is 38.1 Å². The minimum absolute atomic E-state index is 0. The van der Waals surface area contributed by atoms with Gasteiger partial charge in [-0.1, -0.05) is 0 Å². The number of hydrogen-bond acceptors (Lipinski definition) is 3. The summed E-state index contributed by atoms with van der Waals surface area (Å²) >= 11 is 0. The van der Waals surface area contributed by atoms with Crippen LogP contribution in [0, 0.1) is 0 Å². The molecule has 3 N–H and O–H groups in total. The van der Waals surface area contributed by atoms with Crippen molar-refractivity contribution in [2.75, 3.05) is 19.6 Å². The van der Waals surface area contributed by atoms with E-state index in [-0.39, 0.29) is 18.3 Å². The van der Waals surface area contributed by atoms with Crippen molar-refractivity contribution in [3.05, 3.63) is 0 Å². The number of carbonyl (C=O) groups is 1. The van der Waals surface area contributed by atoms with Crippen LogP contribution in [0.2, 0.25) is 0 Å². The second kappa shape index (κ2) is 9.87. The predicted octanol–water partition coefficient (Wildman–Crippen LogP) is 0.992. The van der Waals surface area contributed by atoms with E-state index in [9.17, 15) is 4.79 Å². The van der Waals surface area contributed by atoms with E-state index < -0.39 is 0 Å². The molecule has 0 aliphatic rings. The molecule has 0 radical (unpaired) electrons. The van der Waals surface area contributed by atoms with Gasteiger partial charge in [-0.15, -0.1) is 12.4 Å². The molecule has 0 aromatic heterocycles. The van der Waals surface area contributed by atoms with E-state index in [1.165, 1.54) is 0 Å². The fourth-order valence-electron chi connectivity index (χ4n) is 1.66. The molecule has 0 saturated heterocycles. The highest BCUT2D eigenvalue weighted by molar-refractivity contribution is 5.85. The van der Waals surface area contributed by atoms with Crippen molar-refractivity contribution in [3.8, 4) is 0 Å². The van der Waals surface area contributed by atoms with Crippen LogP contribution in [-0.2, 0) is 4.79 Å². The fourth-order valence-corrected chi connectivity index (χ4v) is 1.66. The average Bonchev–Trinajstić information content (AvgIpc) is 2.11. The van der Waals surface area contributed by atoms with E-state index in [0.29, 0.717) is 31.6 Å². The van der Waals surface area contributed by atoms with Crippen LogP contribution in [-0.4, -0.2) is 42.5 Å². The van der Waals surface area contributed by atoms with E-state index in [1.54, 1.807) is 0 Å². The summed E-state index contributed by atoms with van der Waals surface area (Å²) in [5, 5.41) is 2.86. The molecule has 0 fully saturated rings. The molecule has 1 amide bonds. The molecule has 0 spiro atoms. The van der Waals surface area contributed by atoms with Gasteiger partial charge < -0.3 is 11.1 Å². The van der Waals surface area contributed by atoms with Crippen LogP contribution in [0.25, 0.3) is 0 Å². The molecule has 0 rings (SSSR count). The fraction of sp³-hybridized carbons (Fsp3) is 0.909. The van der Waals surface area contributed by atoms with Crippen LogP contribution in [0.4, 0.5) is 0 Å². The van der Waals surface area contributed by atoms with Gasteiger partial charge in [0.15, 0.2) is 0 Å². The van der Waals surface area contributed by atoms with Gasteiger partial charge in [0.1, 0.15) is 0 Å². The number of nitrogens with two attached hydrogens (primary N) is 1. The van der Waals surface area contributed by atoms with Crippen LogP contribution in [0.15, 0.2) is 0 Å². The molecular formula is C11H26ClN3O.